The van der Waals surface area contributed by atoms with Crippen molar-refractivity contribution < 1.29 is 25.2 Å². The molecule has 3 atom stereocenters. The fourth-order valence-corrected chi connectivity index (χ4v) is 6.04. The molecule has 1 saturated carbocycles. The van der Waals surface area contributed by atoms with Crippen molar-refractivity contribution in [3.05, 3.63) is 70.3 Å². The summed E-state index contributed by atoms with van der Waals surface area (Å²) in [4.78, 5) is 0. The Morgan fingerprint density at radius 1 is 1.03 bits per heavy atom. The third kappa shape index (κ3) is 5.02. The smallest absolute Gasteiger partial charge is 0.165 e. The summed E-state index contributed by atoms with van der Waals surface area (Å²) in [5.74, 6) is 0.840. The number of benzene rings is 2. The van der Waals surface area contributed by atoms with Gasteiger partial charge in [0.1, 0.15) is 17.1 Å². The highest BCUT2D eigenvalue weighted by Gasteiger charge is 2.55. The average molecular weight is 505 g/mol. The Kier molecular flexibility index (Phi) is 7.22. The molecular formula is C32H40O5. The molecule has 0 amide bonds. The van der Waals surface area contributed by atoms with E-state index in [1.54, 1.807) is 18.2 Å². The van der Waals surface area contributed by atoms with Crippen molar-refractivity contribution >= 4 is 12.2 Å². The minimum atomic E-state index is -0.460. The van der Waals surface area contributed by atoms with Crippen LogP contribution in [0.2, 0.25) is 0 Å². The molecule has 0 spiro atoms. The summed E-state index contributed by atoms with van der Waals surface area (Å²) >= 11 is 0. The van der Waals surface area contributed by atoms with Gasteiger partial charge in [-0.3, -0.25) is 0 Å². The lowest BCUT2D eigenvalue weighted by Gasteiger charge is -2.55. The zero-order valence-corrected chi connectivity index (χ0v) is 22.6. The van der Waals surface area contributed by atoms with Crippen LogP contribution in [0.3, 0.4) is 0 Å². The first-order chi connectivity index (χ1) is 17.4. The molecule has 2 aliphatic rings. The van der Waals surface area contributed by atoms with Crippen LogP contribution in [-0.4, -0.2) is 32.1 Å². The molecule has 4 rings (SSSR count). The number of aliphatic hydroxyl groups excluding tert-OH is 1. The van der Waals surface area contributed by atoms with Gasteiger partial charge in [-0.05, 0) is 93.2 Å². The molecule has 0 unspecified atom stereocenters. The molecule has 0 radical (unpaired) electrons. The van der Waals surface area contributed by atoms with Crippen LogP contribution in [0.25, 0.3) is 12.2 Å². The number of aromatic hydroxyl groups is 3. The van der Waals surface area contributed by atoms with E-state index >= 15 is 0 Å². The van der Waals surface area contributed by atoms with E-state index in [9.17, 15) is 20.4 Å². The monoisotopic (exact) mass is 504 g/mol. The number of rotatable bonds is 6. The number of allylic oxidation sites excluding steroid dienone is 3. The Labute approximate surface area is 220 Å². The number of phenols is 3. The molecule has 1 fully saturated rings. The lowest BCUT2D eigenvalue weighted by molar-refractivity contribution is -0.138. The van der Waals surface area contributed by atoms with E-state index in [0.717, 1.165) is 28.7 Å². The second-order valence-corrected chi connectivity index (χ2v) is 11.7. The van der Waals surface area contributed by atoms with E-state index in [1.807, 2.05) is 38.1 Å². The highest BCUT2D eigenvalue weighted by Crippen LogP contribution is 2.55. The fraction of sp³-hybridized carbons (Fsp3) is 0.438. The summed E-state index contributed by atoms with van der Waals surface area (Å²) in [6.45, 7) is 14.1. The first-order valence-corrected chi connectivity index (χ1v) is 13.1. The Balaban J connectivity index is 1.73. The van der Waals surface area contributed by atoms with Gasteiger partial charge in [-0.2, -0.15) is 0 Å². The number of ether oxygens (including phenoxy) is 1. The van der Waals surface area contributed by atoms with Crippen LogP contribution in [0.15, 0.2) is 42.5 Å². The standard InChI is InChI=1S/C32H40O5/c1-7-8-23-21(11-10-20-15-25(33)24(26(34)16-20)12-9-19(2)3)17-22-18-27-31(4,5)28(35)13-14-32(27,6)37-30(22)29(23)36/h7,9-11,15-17,27-28,33-36H,1,8,12-14,18H2,2-6H3/b11-10+/t27-,28-,32-/m1/s1. The number of aliphatic hydroxyl groups is 1. The second kappa shape index (κ2) is 9.94. The summed E-state index contributed by atoms with van der Waals surface area (Å²) in [5.41, 5.74) is 3.93. The number of hydrogen-bond acceptors (Lipinski definition) is 5. The maximum Gasteiger partial charge on any atom is 0.165 e. The number of phenolic OH excluding ortho intramolecular Hbond substituents is 3. The molecule has 4 N–H and O–H groups in total. The Morgan fingerprint density at radius 3 is 2.32 bits per heavy atom. The fourth-order valence-electron chi connectivity index (χ4n) is 6.04. The van der Waals surface area contributed by atoms with E-state index < -0.39 is 11.7 Å². The average Bonchev–Trinajstić information content (AvgIpc) is 2.82. The third-order valence-corrected chi connectivity index (χ3v) is 8.38. The van der Waals surface area contributed by atoms with Crippen molar-refractivity contribution in [2.24, 2.45) is 11.3 Å². The predicted molar refractivity (Wildman–Crippen MR) is 149 cm³/mol. The van der Waals surface area contributed by atoms with Crippen molar-refractivity contribution in [2.75, 3.05) is 0 Å². The molecule has 1 aliphatic heterocycles. The van der Waals surface area contributed by atoms with Gasteiger partial charge in [0.15, 0.2) is 11.5 Å². The van der Waals surface area contributed by atoms with E-state index in [4.69, 9.17) is 4.74 Å². The van der Waals surface area contributed by atoms with E-state index in [-0.39, 0.29) is 28.6 Å². The van der Waals surface area contributed by atoms with Crippen LogP contribution in [-0.2, 0) is 19.3 Å². The molecule has 2 aromatic rings. The van der Waals surface area contributed by atoms with Crippen LogP contribution < -0.4 is 4.74 Å². The van der Waals surface area contributed by atoms with Gasteiger partial charge in [-0.25, -0.2) is 0 Å². The quantitative estimate of drug-likeness (QED) is 0.260. The molecule has 37 heavy (non-hydrogen) atoms. The van der Waals surface area contributed by atoms with Gasteiger partial charge >= 0.3 is 0 Å². The molecular weight excluding hydrogens is 464 g/mol. The molecule has 198 valence electrons. The molecule has 0 saturated heterocycles. The van der Waals surface area contributed by atoms with Gasteiger partial charge in [0, 0.05) is 17.0 Å². The summed E-state index contributed by atoms with van der Waals surface area (Å²) in [6.07, 6.45) is 10.0. The Hall–Kier alpha value is -3.18. The van der Waals surface area contributed by atoms with Crippen molar-refractivity contribution in [3.8, 4) is 23.0 Å². The van der Waals surface area contributed by atoms with Gasteiger partial charge < -0.3 is 25.2 Å². The minimum absolute atomic E-state index is 0.0440. The topological polar surface area (TPSA) is 90.2 Å². The van der Waals surface area contributed by atoms with Crippen molar-refractivity contribution in [1.82, 2.24) is 0 Å². The first kappa shape index (κ1) is 26.9. The molecule has 1 aliphatic carbocycles. The van der Waals surface area contributed by atoms with Crippen LogP contribution in [0, 0.1) is 11.3 Å². The highest BCUT2D eigenvalue weighted by molar-refractivity contribution is 5.76. The Bertz CT molecular complexity index is 1240. The minimum Gasteiger partial charge on any atom is -0.507 e. The first-order valence-electron chi connectivity index (χ1n) is 13.1. The van der Waals surface area contributed by atoms with Gasteiger partial charge in [-0.15, -0.1) is 6.58 Å². The summed E-state index contributed by atoms with van der Waals surface area (Å²) < 4.78 is 6.54. The van der Waals surface area contributed by atoms with E-state index in [0.29, 0.717) is 42.6 Å². The molecule has 0 aromatic heterocycles. The van der Waals surface area contributed by atoms with Crippen LogP contribution in [0.5, 0.6) is 23.0 Å². The lowest BCUT2D eigenvalue weighted by Crippen LogP contribution is -2.58. The van der Waals surface area contributed by atoms with Crippen molar-refractivity contribution in [1.29, 1.82) is 0 Å². The summed E-state index contributed by atoms with van der Waals surface area (Å²) in [5, 5.41) is 43.1. The van der Waals surface area contributed by atoms with E-state index in [2.05, 4.69) is 27.4 Å². The molecule has 5 heteroatoms. The van der Waals surface area contributed by atoms with Crippen molar-refractivity contribution in [3.63, 3.8) is 0 Å². The highest BCUT2D eigenvalue weighted by atomic mass is 16.5. The summed E-state index contributed by atoms with van der Waals surface area (Å²) in [7, 11) is 0. The zero-order chi connectivity index (χ0) is 27.1. The maximum atomic E-state index is 11.3. The van der Waals surface area contributed by atoms with Gasteiger partial charge in [-0.1, -0.05) is 43.7 Å². The van der Waals surface area contributed by atoms with E-state index in [1.165, 1.54) is 0 Å². The van der Waals surface area contributed by atoms with Gasteiger partial charge in [0.05, 0.1) is 6.10 Å². The van der Waals surface area contributed by atoms with Crippen LogP contribution >= 0.6 is 0 Å². The van der Waals surface area contributed by atoms with Gasteiger partial charge in [0.2, 0.25) is 0 Å². The number of fused-ring (bicyclic) bond motifs is 2. The zero-order valence-electron chi connectivity index (χ0n) is 22.6. The summed E-state index contributed by atoms with van der Waals surface area (Å²) in [6, 6.07) is 5.32. The largest absolute Gasteiger partial charge is 0.507 e. The second-order valence-electron chi connectivity index (χ2n) is 11.7. The number of hydrogen-bond donors (Lipinski definition) is 4. The van der Waals surface area contributed by atoms with Crippen LogP contribution in [0.1, 0.15) is 75.3 Å². The lowest BCUT2D eigenvalue weighted by atomic mass is 9.57. The third-order valence-electron chi connectivity index (χ3n) is 8.38. The van der Waals surface area contributed by atoms with Gasteiger partial charge in [0.25, 0.3) is 0 Å². The maximum absolute atomic E-state index is 11.3. The SMILES string of the molecule is C=CCc1c(/C=C/c2cc(O)c(CC=C(C)C)c(O)c2)cc2c(c1O)O[C@]1(C)CC[C@@H](O)C(C)(C)[C@H]1C2. The molecule has 1 heterocycles. The Morgan fingerprint density at radius 2 is 1.70 bits per heavy atom. The predicted octanol–water partition coefficient (Wildman–Crippen LogP) is 6.70. The normalized spacial score (nSPS) is 24.2. The molecule has 0 bridgehead atoms. The van der Waals surface area contributed by atoms with Crippen LogP contribution in [0.4, 0.5) is 0 Å². The molecule has 2 aromatic carbocycles. The van der Waals surface area contributed by atoms with Crippen molar-refractivity contribution in [2.45, 2.75) is 78.4 Å². The molecule has 5 nitrogen and oxygen atoms in total.